The summed E-state index contributed by atoms with van der Waals surface area (Å²) in [7, 11) is 2.10. The second kappa shape index (κ2) is 10.1. The summed E-state index contributed by atoms with van der Waals surface area (Å²) in [6, 6.07) is 12.3. The first-order chi connectivity index (χ1) is 15.1. The number of amides is 1. The standard InChI is InChI=1S/C23H29N5O2S/c1-18-6-7-22(31-18)23(29)27-10-8-20(9-11-27)30-21-5-3-4-19(14-21)15-26(2)12-13-28-17-24-16-25-28/h3-7,14,16-17,20H,8-13,15H2,1-2H3. The fourth-order valence-electron chi connectivity index (χ4n) is 3.80. The summed E-state index contributed by atoms with van der Waals surface area (Å²) in [6.45, 7) is 6.07. The maximum Gasteiger partial charge on any atom is 0.263 e. The Labute approximate surface area is 187 Å². The van der Waals surface area contributed by atoms with Crippen molar-refractivity contribution in [2.24, 2.45) is 0 Å². The monoisotopic (exact) mass is 439 g/mol. The third-order valence-corrected chi connectivity index (χ3v) is 6.50. The quantitative estimate of drug-likeness (QED) is 0.538. The topological polar surface area (TPSA) is 63.5 Å². The Morgan fingerprint density at radius 2 is 2.10 bits per heavy atom. The number of aromatic nitrogens is 3. The molecule has 1 fully saturated rings. The van der Waals surface area contributed by atoms with Gasteiger partial charge in [-0.05, 0) is 43.8 Å². The molecular weight excluding hydrogens is 410 g/mol. The van der Waals surface area contributed by atoms with E-state index in [9.17, 15) is 4.79 Å². The largest absolute Gasteiger partial charge is 0.490 e. The van der Waals surface area contributed by atoms with Crippen molar-refractivity contribution in [3.05, 3.63) is 64.4 Å². The molecule has 0 saturated carbocycles. The highest BCUT2D eigenvalue weighted by Crippen LogP contribution is 2.23. The van der Waals surface area contributed by atoms with Crippen molar-refractivity contribution in [2.45, 2.75) is 39.0 Å². The van der Waals surface area contributed by atoms with Gasteiger partial charge in [-0.2, -0.15) is 5.10 Å². The van der Waals surface area contributed by atoms with Gasteiger partial charge in [0.05, 0.1) is 11.4 Å². The van der Waals surface area contributed by atoms with Crippen molar-refractivity contribution < 1.29 is 9.53 Å². The number of hydrogen-bond acceptors (Lipinski definition) is 6. The Bertz CT molecular complexity index is 980. The minimum Gasteiger partial charge on any atom is -0.490 e. The van der Waals surface area contributed by atoms with Crippen LogP contribution in [0.15, 0.2) is 49.1 Å². The van der Waals surface area contributed by atoms with Crippen LogP contribution in [-0.4, -0.2) is 63.3 Å². The minimum absolute atomic E-state index is 0.146. The maximum atomic E-state index is 12.6. The number of hydrogen-bond donors (Lipinski definition) is 0. The summed E-state index contributed by atoms with van der Waals surface area (Å²) in [5.74, 6) is 1.05. The first-order valence-corrected chi connectivity index (χ1v) is 11.5. The van der Waals surface area contributed by atoms with Gasteiger partial charge in [0.25, 0.3) is 5.91 Å². The van der Waals surface area contributed by atoms with Crippen LogP contribution in [0.5, 0.6) is 5.75 Å². The van der Waals surface area contributed by atoms with Crippen LogP contribution in [0.2, 0.25) is 0 Å². The van der Waals surface area contributed by atoms with Crippen LogP contribution in [-0.2, 0) is 13.1 Å². The highest BCUT2D eigenvalue weighted by Gasteiger charge is 2.25. The van der Waals surface area contributed by atoms with Crippen LogP contribution in [0.1, 0.15) is 33.0 Å². The van der Waals surface area contributed by atoms with Crippen LogP contribution in [0.4, 0.5) is 0 Å². The van der Waals surface area contributed by atoms with E-state index < -0.39 is 0 Å². The average molecular weight is 440 g/mol. The number of benzene rings is 1. The molecule has 3 heterocycles. The van der Waals surface area contributed by atoms with Crippen LogP contribution >= 0.6 is 11.3 Å². The number of likely N-dealkylation sites (tertiary alicyclic amines) is 1. The summed E-state index contributed by atoms with van der Waals surface area (Å²) in [6.07, 6.45) is 5.16. The molecule has 31 heavy (non-hydrogen) atoms. The van der Waals surface area contributed by atoms with E-state index in [1.807, 2.05) is 40.8 Å². The number of likely N-dealkylation sites (N-methyl/N-ethyl adjacent to an activating group) is 1. The fraction of sp³-hybridized carbons (Fsp3) is 0.435. The SMILES string of the molecule is Cc1ccc(C(=O)N2CCC(Oc3cccc(CN(C)CCn4cncn4)c3)CC2)s1. The molecular formula is C23H29N5O2S. The zero-order valence-corrected chi connectivity index (χ0v) is 18.9. The lowest BCUT2D eigenvalue weighted by atomic mass is 10.1. The molecule has 7 nitrogen and oxygen atoms in total. The number of carbonyl (C=O) groups excluding carboxylic acids is 1. The Balaban J connectivity index is 1.25. The van der Waals surface area contributed by atoms with Crippen molar-refractivity contribution in [2.75, 3.05) is 26.7 Å². The maximum absolute atomic E-state index is 12.6. The summed E-state index contributed by atoms with van der Waals surface area (Å²) in [4.78, 5) is 22.8. The average Bonchev–Trinajstić information content (AvgIpc) is 3.44. The third-order valence-electron chi connectivity index (χ3n) is 5.51. The molecule has 0 spiro atoms. The third kappa shape index (κ3) is 5.92. The lowest BCUT2D eigenvalue weighted by molar-refractivity contribution is 0.0600. The summed E-state index contributed by atoms with van der Waals surface area (Å²) >= 11 is 1.57. The van der Waals surface area contributed by atoms with Crippen LogP contribution in [0.3, 0.4) is 0 Å². The molecule has 1 aliphatic heterocycles. The van der Waals surface area contributed by atoms with Gasteiger partial charge in [0.2, 0.25) is 0 Å². The molecule has 0 unspecified atom stereocenters. The van der Waals surface area contributed by atoms with E-state index in [4.69, 9.17) is 4.74 Å². The molecule has 0 aliphatic carbocycles. The van der Waals surface area contributed by atoms with Gasteiger partial charge in [0.15, 0.2) is 0 Å². The predicted octanol–water partition coefficient (Wildman–Crippen LogP) is 3.46. The summed E-state index contributed by atoms with van der Waals surface area (Å²) in [5.41, 5.74) is 1.22. The van der Waals surface area contributed by atoms with Crippen LogP contribution in [0.25, 0.3) is 0 Å². The molecule has 164 valence electrons. The van der Waals surface area contributed by atoms with Gasteiger partial charge in [-0.1, -0.05) is 12.1 Å². The molecule has 4 rings (SSSR count). The number of rotatable bonds is 8. The minimum atomic E-state index is 0.146. The smallest absolute Gasteiger partial charge is 0.263 e. The van der Waals surface area contributed by atoms with Crippen molar-refractivity contribution in [1.29, 1.82) is 0 Å². The molecule has 1 saturated heterocycles. The molecule has 2 aromatic heterocycles. The highest BCUT2D eigenvalue weighted by atomic mass is 32.1. The Morgan fingerprint density at radius 1 is 1.26 bits per heavy atom. The van der Waals surface area contributed by atoms with Gasteiger partial charge in [-0.3, -0.25) is 9.48 Å². The van der Waals surface area contributed by atoms with E-state index in [1.54, 1.807) is 24.0 Å². The second-order valence-corrected chi connectivity index (χ2v) is 9.35. The molecule has 0 atom stereocenters. The molecule has 1 aromatic carbocycles. The zero-order chi connectivity index (χ0) is 21.6. The Hall–Kier alpha value is -2.71. The van der Waals surface area contributed by atoms with E-state index in [2.05, 4.69) is 34.2 Å². The van der Waals surface area contributed by atoms with Crippen molar-refractivity contribution in [3.63, 3.8) is 0 Å². The molecule has 1 amide bonds. The normalized spacial score (nSPS) is 14.9. The van der Waals surface area contributed by atoms with E-state index in [-0.39, 0.29) is 12.0 Å². The van der Waals surface area contributed by atoms with Gasteiger partial charge in [0, 0.05) is 43.9 Å². The van der Waals surface area contributed by atoms with Crippen molar-refractivity contribution in [1.82, 2.24) is 24.6 Å². The number of aryl methyl sites for hydroxylation is 1. The first kappa shape index (κ1) is 21.5. The van der Waals surface area contributed by atoms with Crippen molar-refractivity contribution in [3.8, 4) is 5.75 Å². The summed E-state index contributed by atoms with van der Waals surface area (Å²) < 4.78 is 8.10. The molecule has 0 bridgehead atoms. The first-order valence-electron chi connectivity index (χ1n) is 10.7. The van der Waals surface area contributed by atoms with E-state index in [0.717, 1.165) is 56.2 Å². The molecule has 1 aliphatic rings. The number of carbonyl (C=O) groups is 1. The van der Waals surface area contributed by atoms with Gasteiger partial charge in [-0.25, -0.2) is 4.98 Å². The second-order valence-electron chi connectivity index (χ2n) is 8.06. The fourth-order valence-corrected chi connectivity index (χ4v) is 4.64. The van der Waals surface area contributed by atoms with Crippen molar-refractivity contribution >= 4 is 17.2 Å². The van der Waals surface area contributed by atoms with Crippen LogP contribution in [0, 0.1) is 6.92 Å². The molecule has 0 N–H and O–H groups in total. The number of thiophene rings is 1. The van der Waals surface area contributed by atoms with Gasteiger partial charge >= 0.3 is 0 Å². The van der Waals surface area contributed by atoms with Gasteiger partial charge < -0.3 is 14.5 Å². The van der Waals surface area contributed by atoms with Gasteiger partial charge in [0.1, 0.15) is 24.5 Å². The number of ether oxygens (including phenoxy) is 1. The number of nitrogens with zero attached hydrogens (tertiary/aromatic N) is 5. The number of piperidine rings is 1. The summed E-state index contributed by atoms with van der Waals surface area (Å²) in [5, 5.41) is 4.14. The predicted molar refractivity (Wildman–Crippen MR) is 121 cm³/mol. The molecule has 3 aromatic rings. The highest BCUT2D eigenvalue weighted by molar-refractivity contribution is 7.13. The lowest BCUT2D eigenvalue weighted by Gasteiger charge is -2.32. The van der Waals surface area contributed by atoms with Gasteiger partial charge in [-0.15, -0.1) is 11.3 Å². The lowest BCUT2D eigenvalue weighted by Crippen LogP contribution is -2.41. The van der Waals surface area contributed by atoms with Crippen LogP contribution < -0.4 is 4.74 Å². The van der Waals surface area contributed by atoms with E-state index in [1.165, 1.54) is 10.4 Å². The van der Waals surface area contributed by atoms with E-state index >= 15 is 0 Å². The Morgan fingerprint density at radius 3 is 2.81 bits per heavy atom. The molecule has 8 heteroatoms. The molecule has 0 radical (unpaired) electrons. The Kier molecular flexibility index (Phi) is 6.99. The van der Waals surface area contributed by atoms with E-state index in [0.29, 0.717) is 0 Å². The zero-order valence-electron chi connectivity index (χ0n) is 18.1.